The molecule has 0 aromatic rings. The summed E-state index contributed by atoms with van der Waals surface area (Å²) in [6, 6.07) is 1.20. The predicted molar refractivity (Wildman–Crippen MR) is 124 cm³/mol. The summed E-state index contributed by atoms with van der Waals surface area (Å²) < 4.78 is 7.00. The van der Waals surface area contributed by atoms with Gasteiger partial charge in [-0.2, -0.15) is 0 Å². The molecule has 0 fully saturated rings. The minimum Gasteiger partial charge on any atom is -0.418 e. The Balaban J connectivity index is 6.54. The van der Waals surface area contributed by atoms with Crippen LogP contribution in [-0.4, -0.2) is 36.3 Å². The molecule has 0 rings (SSSR count). The van der Waals surface area contributed by atoms with E-state index in [0.29, 0.717) is 11.6 Å². The van der Waals surface area contributed by atoms with E-state index in [9.17, 15) is 0 Å². The van der Waals surface area contributed by atoms with Crippen molar-refractivity contribution in [3.8, 4) is 0 Å². The molecule has 0 aliphatic rings. The van der Waals surface area contributed by atoms with Crippen LogP contribution in [0.25, 0.3) is 0 Å². The second kappa shape index (κ2) is 7.90. The second-order valence-electron chi connectivity index (χ2n) is 10.9. The zero-order valence-electron chi connectivity index (χ0n) is 18.7. The van der Waals surface area contributed by atoms with Crippen molar-refractivity contribution < 1.29 is 4.43 Å². The van der Waals surface area contributed by atoms with Crippen LogP contribution in [0.4, 0.5) is 0 Å². The van der Waals surface area contributed by atoms with Gasteiger partial charge >= 0.3 is 0 Å². The third-order valence-electron chi connectivity index (χ3n) is 5.34. The van der Waals surface area contributed by atoms with Gasteiger partial charge in [-0.1, -0.05) is 77.4 Å². The lowest BCUT2D eigenvalue weighted by Gasteiger charge is -2.57. The van der Waals surface area contributed by atoms with Crippen molar-refractivity contribution in [2.45, 2.75) is 91.5 Å². The van der Waals surface area contributed by atoms with E-state index >= 15 is 0 Å². The maximum Gasteiger partial charge on any atom is 0.183 e. The Morgan fingerprint density at radius 3 is 1.42 bits per heavy atom. The molecule has 0 aromatic heterocycles. The first kappa shape index (κ1) is 24.3. The van der Waals surface area contributed by atoms with E-state index in [4.69, 9.17) is 4.43 Å². The molecule has 0 saturated heterocycles. The highest BCUT2D eigenvalue weighted by Crippen LogP contribution is 2.42. The molecule has 0 heterocycles. The van der Waals surface area contributed by atoms with Gasteiger partial charge in [-0.05, 0) is 38.5 Å². The van der Waals surface area contributed by atoms with E-state index in [-0.39, 0.29) is 0 Å². The van der Waals surface area contributed by atoms with Crippen LogP contribution in [0.1, 0.15) is 20.8 Å². The quantitative estimate of drug-likeness (QED) is 0.305. The Morgan fingerprint density at radius 1 is 0.833 bits per heavy atom. The molecule has 0 radical (unpaired) electrons. The Bertz CT molecular complexity index is 447. The Labute approximate surface area is 156 Å². The van der Waals surface area contributed by atoms with Gasteiger partial charge < -0.3 is 4.43 Å². The topological polar surface area (TPSA) is 9.23 Å². The number of hydrogen-bond donors (Lipinski definition) is 0. The van der Waals surface area contributed by atoms with E-state index in [1.165, 1.54) is 17.2 Å². The van der Waals surface area contributed by atoms with Crippen LogP contribution in [0, 0.1) is 5.92 Å². The second-order valence-corrected chi connectivity index (χ2v) is 43.1. The van der Waals surface area contributed by atoms with E-state index in [0.717, 1.165) is 0 Å². The summed E-state index contributed by atoms with van der Waals surface area (Å²) >= 11 is 0. The van der Waals surface area contributed by atoms with Crippen LogP contribution in [0.15, 0.2) is 24.3 Å². The van der Waals surface area contributed by atoms with Crippen molar-refractivity contribution in [1.82, 2.24) is 0 Å². The first-order valence-electron chi connectivity index (χ1n) is 9.38. The van der Waals surface area contributed by atoms with E-state index in [1.54, 1.807) is 0 Å². The monoisotopic (exact) mass is 400 g/mol. The van der Waals surface area contributed by atoms with Crippen molar-refractivity contribution in [2.75, 3.05) is 0 Å². The van der Waals surface area contributed by atoms with Gasteiger partial charge in [0.05, 0.1) is 7.11 Å². The fraction of sp³-hybridized carbons (Fsp3) is 0.789. The Morgan fingerprint density at radius 2 is 1.21 bits per heavy atom. The van der Waals surface area contributed by atoms with Crippen LogP contribution in [0.2, 0.25) is 65.0 Å². The molecule has 1 atom stereocenters. The van der Waals surface area contributed by atoms with Gasteiger partial charge in [0.2, 0.25) is 0 Å². The molecule has 0 aliphatic heterocycles. The minimum absolute atomic E-state index is 0.457. The average molecular weight is 401 g/mol. The summed E-state index contributed by atoms with van der Waals surface area (Å²) in [5.74, 6) is 0.583. The van der Waals surface area contributed by atoms with Crippen LogP contribution in [0.3, 0.4) is 0 Å². The molecule has 0 amide bonds. The van der Waals surface area contributed by atoms with Crippen molar-refractivity contribution in [1.29, 1.82) is 0 Å². The summed E-state index contributed by atoms with van der Waals surface area (Å²) in [4.78, 5) is 0. The average Bonchev–Trinajstić information content (AvgIpc) is 2.28. The summed E-state index contributed by atoms with van der Waals surface area (Å²) in [5.41, 5.74) is 2.91. The minimum atomic E-state index is -1.70. The molecule has 0 bridgehead atoms. The molecule has 142 valence electrons. The standard InChI is InChI=1S/C19H44OSi4/c1-16(2)18(5)15-24(22(9,10)11,23(12,13)14)19(17(3)4)20-21(6,7)8/h17,19H,1,5,15H2,2-4,6-14H3. The Hall–Kier alpha value is 0.308. The maximum absolute atomic E-state index is 7.00. The Kier molecular flexibility index (Phi) is 8.00. The highest BCUT2D eigenvalue weighted by atomic mass is 29.6. The zero-order chi connectivity index (χ0) is 19.7. The fourth-order valence-corrected chi connectivity index (χ4v) is 54.2. The lowest BCUT2D eigenvalue weighted by Crippen LogP contribution is -2.79. The zero-order valence-corrected chi connectivity index (χ0v) is 22.7. The van der Waals surface area contributed by atoms with Gasteiger partial charge in [0, 0.05) is 20.9 Å². The molecule has 0 N–H and O–H groups in total. The largest absolute Gasteiger partial charge is 0.418 e. The van der Waals surface area contributed by atoms with Crippen molar-refractivity contribution in [2.24, 2.45) is 5.92 Å². The summed E-state index contributed by atoms with van der Waals surface area (Å²) in [6.45, 7) is 38.2. The van der Waals surface area contributed by atoms with Crippen molar-refractivity contribution in [3.63, 3.8) is 0 Å². The normalized spacial score (nSPS) is 15.5. The van der Waals surface area contributed by atoms with Gasteiger partial charge in [0.15, 0.2) is 8.32 Å². The fourth-order valence-electron chi connectivity index (χ4n) is 4.28. The third kappa shape index (κ3) is 5.66. The summed E-state index contributed by atoms with van der Waals surface area (Å²) in [5, 5.41) is 0. The molecule has 1 nitrogen and oxygen atoms in total. The van der Waals surface area contributed by atoms with Gasteiger partial charge in [0.25, 0.3) is 0 Å². The molecular formula is C19H44OSi4. The lowest BCUT2D eigenvalue weighted by atomic mass is 10.2. The molecule has 5 heteroatoms. The summed E-state index contributed by atoms with van der Waals surface area (Å²) in [6.07, 6.45) is 0. The molecule has 0 spiro atoms. The first-order valence-corrected chi connectivity index (χ1v) is 24.1. The molecule has 24 heavy (non-hydrogen) atoms. The number of allylic oxidation sites excluding steroid dienone is 2. The van der Waals surface area contributed by atoms with Crippen molar-refractivity contribution >= 4 is 30.6 Å². The number of rotatable bonds is 9. The van der Waals surface area contributed by atoms with Gasteiger partial charge in [-0.15, -0.1) is 0 Å². The van der Waals surface area contributed by atoms with Crippen LogP contribution in [0.5, 0.6) is 0 Å². The summed E-state index contributed by atoms with van der Waals surface area (Å²) in [7, 11) is -6.12. The number of hydrogen-bond acceptors (Lipinski definition) is 1. The molecule has 0 aromatic carbocycles. The van der Waals surface area contributed by atoms with Crippen molar-refractivity contribution in [3.05, 3.63) is 24.3 Å². The molecule has 1 unspecified atom stereocenters. The SMILES string of the molecule is C=C(C)C(=C)C[Si](C(O[Si](C)(C)C)C(C)C)([Si](C)(C)C)[Si](C)(C)C. The molecule has 0 saturated carbocycles. The van der Waals surface area contributed by atoms with Gasteiger partial charge in [-0.25, -0.2) is 0 Å². The maximum atomic E-state index is 7.00. The van der Waals surface area contributed by atoms with E-state index in [2.05, 4.69) is 92.9 Å². The first-order chi connectivity index (χ1) is 10.4. The van der Waals surface area contributed by atoms with Gasteiger partial charge in [0.1, 0.15) is 0 Å². The van der Waals surface area contributed by atoms with Crippen LogP contribution in [-0.2, 0) is 4.43 Å². The van der Waals surface area contributed by atoms with E-state index < -0.39 is 30.6 Å². The molecular weight excluding hydrogens is 357 g/mol. The van der Waals surface area contributed by atoms with Gasteiger partial charge in [-0.3, -0.25) is 0 Å². The highest BCUT2D eigenvalue weighted by molar-refractivity contribution is 7.69. The smallest absolute Gasteiger partial charge is 0.183 e. The van der Waals surface area contributed by atoms with E-state index in [1.807, 2.05) is 0 Å². The predicted octanol–water partition coefficient (Wildman–Crippen LogP) is 6.82. The highest BCUT2D eigenvalue weighted by Gasteiger charge is 2.60. The third-order valence-corrected chi connectivity index (χ3v) is 47.0. The lowest BCUT2D eigenvalue weighted by molar-refractivity contribution is 0.214. The molecule has 0 aliphatic carbocycles. The van der Waals surface area contributed by atoms with Crippen LogP contribution < -0.4 is 0 Å². The van der Waals surface area contributed by atoms with Crippen LogP contribution >= 0.6 is 0 Å².